The quantitative estimate of drug-likeness (QED) is 0.613. The molecule has 32 heavy (non-hydrogen) atoms. The van der Waals surface area contributed by atoms with Gasteiger partial charge in [-0.05, 0) is 19.1 Å². The molecular weight excluding hydrogens is 435 g/mol. The zero-order valence-corrected chi connectivity index (χ0v) is 16.7. The van der Waals surface area contributed by atoms with Gasteiger partial charge in [0.05, 0.1) is 23.4 Å². The highest BCUT2D eigenvalue weighted by atomic mass is 19.4. The molecule has 0 radical (unpaired) electrons. The average molecular weight is 450 g/mol. The summed E-state index contributed by atoms with van der Waals surface area (Å²) in [5.41, 5.74) is 4.24. The van der Waals surface area contributed by atoms with Crippen molar-refractivity contribution in [2.24, 2.45) is 12.8 Å². The number of fused-ring (bicyclic) bond motifs is 1. The topological polar surface area (TPSA) is 94.7 Å². The standard InChI is InChI=1S/C20H15F5N6O/c1-10-13(9-28-30(10)2)14-12(8-26)17(27)32-18-15(14)16(19(21,22)20(23,24)25)29-31(18)11-6-4-3-5-7-11/h3-7,9,14H,27H2,1-2H3. The van der Waals surface area contributed by atoms with Gasteiger partial charge in [0, 0.05) is 18.3 Å². The number of ether oxygens (including phenoxy) is 1. The second-order valence-corrected chi connectivity index (χ2v) is 7.12. The zero-order valence-electron chi connectivity index (χ0n) is 16.7. The van der Waals surface area contributed by atoms with Gasteiger partial charge in [0.15, 0.2) is 0 Å². The highest BCUT2D eigenvalue weighted by Gasteiger charge is 2.63. The van der Waals surface area contributed by atoms with Crippen molar-refractivity contribution in [2.45, 2.75) is 24.9 Å². The molecule has 2 N–H and O–H groups in total. The van der Waals surface area contributed by atoms with E-state index >= 15 is 0 Å². The lowest BCUT2D eigenvalue weighted by atomic mass is 9.83. The molecule has 0 aliphatic carbocycles. The molecule has 0 amide bonds. The van der Waals surface area contributed by atoms with Gasteiger partial charge in [0.1, 0.15) is 17.3 Å². The van der Waals surface area contributed by atoms with E-state index in [4.69, 9.17) is 10.5 Å². The molecule has 3 aromatic rings. The largest absolute Gasteiger partial charge is 0.459 e. The van der Waals surface area contributed by atoms with Crippen LogP contribution >= 0.6 is 0 Å². The first-order valence-corrected chi connectivity index (χ1v) is 9.18. The molecule has 0 fully saturated rings. The van der Waals surface area contributed by atoms with Crippen LogP contribution in [0.3, 0.4) is 0 Å². The van der Waals surface area contributed by atoms with Gasteiger partial charge in [-0.25, -0.2) is 0 Å². The second kappa shape index (κ2) is 7.08. The van der Waals surface area contributed by atoms with Crippen LogP contribution in [0.15, 0.2) is 48.0 Å². The fraction of sp³-hybridized carbons (Fsp3) is 0.250. The van der Waals surface area contributed by atoms with Crippen LogP contribution in [0.5, 0.6) is 5.88 Å². The van der Waals surface area contributed by atoms with Crippen LogP contribution in [0, 0.1) is 18.3 Å². The molecule has 0 saturated heterocycles. The molecule has 1 unspecified atom stereocenters. The number of nitrogens with zero attached hydrogens (tertiary/aromatic N) is 5. The maximum atomic E-state index is 14.7. The molecule has 2 aromatic heterocycles. The molecule has 0 saturated carbocycles. The fourth-order valence-electron chi connectivity index (χ4n) is 3.56. The third-order valence-corrected chi connectivity index (χ3v) is 5.29. The van der Waals surface area contributed by atoms with Crippen LogP contribution in [-0.2, 0) is 13.0 Å². The van der Waals surface area contributed by atoms with Crippen LogP contribution in [0.4, 0.5) is 22.0 Å². The van der Waals surface area contributed by atoms with Gasteiger partial charge in [0.25, 0.3) is 0 Å². The van der Waals surface area contributed by atoms with Crippen molar-refractivity contribution < 1.29 is 26.7 Å². The second-order valence-electron chi connectivity index (χ2n) is 7.12. The Morgan fingerprint density at radius 1 is 1.16 bits per heavy atom. The first kappa shape index (κ1) is 21.4. The van der Waals surface area contributed by atoms with Crippen molar-refractivity contribution in [1.82, 2.24) is 19.6 Å². The summed E-state index contributed by atoms with van der Waals surface area (Å²) in [5, 5.41) is 17.3. The normalized spacial score (nSPS) is 16.5. The Bertz CT molecular complexity index is 1270. The lowest BCUT2D eigenvalue weighted by Gasteiger charge is -2.26. The smallest absolute Gasteiger partial charge is 0.422 e. The first-order valence-electron chi connectivity index (χ1n) is 9.18. The molecule has 1 aromatic carbocycles. The minimum atomic E-state index is -5.94. The number of alkyl halides is 5. The molecule has 12 heteroatoms. The van der Waals surface area contributed by atoms with Gasteiger partial charge in [-0.3, -0.25) is 4.68 Å². The molecule has 4 rings (SSSR count). The van der Waals surface area contributed by atoms with Crippen molar-refractivity contribution in [2.75, 3.05) is 0 Å². The Hall–Kier alpha value is -3.88. The third-order valence-electron chi connectivity index (χ3n) is 5.29. The first-order chi connectivity index (χ1) is 15.0. The molecule has 3 heterocycles. The average Bonchev–Trinajstić information content (AvgIpc) is 3.27. The van der Waals surface area contributed by atoms with E-state index < -0.39 is 41.0 Å². The minimum absolute atomic E-state index is 0.169. The third kappa shape index (κ3) is 3.00. The summed E-state index contributed by atoms with van der Waals surface area (Å²) in [6.45, 7) is 1.59. The number of rotatable bonds is 3. The maximum Gasteiger partial charge on any atom is 0.459 e. The van der Waals surface area contributed by atoms with Crippen LogP contribution in [-0.4, -0.2) is 25.7 Å². The van der Waals surface area contributed by atoms with Crippen LogP contribution < -0.4 is 10.5 Å². The summed E-state index contributed by atoms with van der Waals surface area (Å²) in [5.74, 6) is -7.58. The van der Waals surface area contributed by atoms with Gasteiger partial charge in [0.2, 0.25) is 11.8 Å². The van der Waals surface area contributed by atoms with Crippen molar-refractivity contribution in [3.05, 3.63) is 70.5 Å². The lowest BCUT2D eigenvalue weighted by Crippen LogP contribution is -2.36. The summed E-state index contributed by atoms with van der Waals surface area (Å²) in [6, 6.07) is 9.42. The van der Waals surface area contributed by atoms with Gasteiger partial charge < -0.3 is 10.5 Å². The van der Waals surface area contributed by atoms with Crippen LogP contribution in [0.25, 0.3) is 5.69 Å². The number of allylic oxidation sites excluding steroid dienone is 1. The SMILES string of the molecule is Cc1c(C2C(C#N)=C(N)Oc3c2c(C(F)(F)C(F)(F)F)nn3-c2ccccc2)cnn1C. The molecule has 0 spiro atoms. The lowest BCUT2D eigenvalue weighted by molar-refractivity contribution is -0.291. The zero-order chi connectivity index (χ0) is 23.4. The van der Waals surface area contributed by atoms with Gasteiger partial charge in [-0.15, -0.1) is 0 Å². The van der Waals surface area contributed by atoms with E-state index in [0.717, 1.165) is 4.68 Å². The number of aryl methyl sites for hydroxylation is 1. The number of hydrogen-bond donors (Lipinski definition) is 1. The Morgan fingerprint density at radius 3 is 2.34 bits per heavy atom. The van der Waals surface area contributed by atoms with Crippen LogP contribution in [0.2, 0.25) is 0 Å². The molecule has 1 aliphatic rings. The number of nitrogens with two attached hydrogens (primary N) is 1. The number of halogens is 5. The van der Waals surface area contributed by atoms with E-state index in [1.54, 1.807) is 38.2 Å². The summed E-state index contributed by atoms with van der Waals surface area (Å²) in [4.78, 5) is 0. The molecule has 1 aliphatic heterocycles. The van der Waals surface area contributed by atoms with E-state index in [1.165, 1.54) is 23.0 Å². The molecule has 7 nitrogen and oxygen atoms in total. The van der Waals surface area contributed by atoms with E-state index in [0.29, 0.717) is 5.69 Å². The predicted molar refractivity (Wildman–Crippen MR) is 101 cm³/mol. The summed E-state index contributed by atoms with van der Waals surface area (Å²) in [6.07, 6.45) is -4.65. The number of benzene rings is 1. The Morgan fingerprint density at radius 2 is 1.81 bits per heavy atom. The van der Waals surface area contributed by atoms with Gasteiger partial charge in [-0.1, -0.05) is 18.2 Å². The monoisotopic (exact) mass is 450 g/mol. The molecule has 1 atom stereocenters. The van der Waals surface area contributed by atoms with E-state index in [-0.39, 0.29) is 16.8 Å². The highest BCUT2D eigenvalue weighted by molar-refractivity contribution is 5.58. The predicted octanol–water partition coefficient (Wildman–Crippen LogP) is 3.79. The van der Waals surface area contributed by atoms with E-state index in [2.05, 4.69) is 10.2 Å². The summed E-state index contributed by atoms with van der Waals surface area (Å²) >= 11 is 0. The molecule has 0 bridgehead atoms. The Labute approximate surface area is 178 Å². The number of aromatic nitrogens is 4. The highest BCUT2D eigenvalue weighted by Crippen LogP contribution is 2.52. The van der Waals surface area contributed by atoms with Crippen molar-refractivity contribution in [3.63, 3.8) is 0 Å². The van der Waals surface area contributed by atoms with Crippen LogP contribution in [0.1, 0.15) is 28.4 Å². The molecular formula is C20H15F5N6O. The van der Waals surface area contributed by atoms with E-state index in [9.17, 15) is 27.2 Å². The number of para-hydroxylation sites is 1. The van der Waals surface area contributed by atoms with Crippen molar-refractivity contribution >= 4 is 0 Å². The van der Waals surface area contributed by atoms with Crippen molar-refractivity contribution in [3.8, 4) is 17.6 Å². The van der Waals surface area contributed by atoms with Gasteiger partial charge in [-0.2, -0.15) is 42.1 Å². The number of hydrogen-bond acceptors (Lipinski definition) is 5. The number of nitriles is 1. The van der Waals surface area contributed by atoms with E-state index in [1.807, 2.05) is 0 Å². The fourth-order valence-corrected chi connectivity index (χ4v) is 3.56. The summed E-state index contributed by atoms with van der Waals surface area (Å²) in [7, 11) is 1.57. The maximum absolute atomic E-state index is 14.7. The summed E-state index contributed by atoms with van der Waals surface area (Å²) < 4.78 is 77.3. The Balaban J connectivity index is 2.11. The molecule has 166 valence electrons. The Kier molecular flexibility index (Phi) is 4.73. The van der Waals surface area contributed by atoms with Crippen molar-refractivity contribution in [1.29, 1.82) is 5.26 Å². The minimum Gasteiger partial charge on any atom is -0.422 e. The van der Waals surface area contributed by atoms with Gasteiger partial charge >= 0.3 is 12.1 Å².